The van der Waals surface area contributed by atoms with Crippen LogP contribution in [0.3, 0.4) is 0 Å². The van der Waals surface area contributed by atoms with Gasteiger partial charge in [0.15, 0.2) is 0 Å². The molecule has 0 amide bonds. The van der Waals surface area contributed by atoms with E-state index < -0.39 is 0 Å². The average molecular weight is 768 g/mol. The summed E-state index contributed by atoms with van der Waals surface area (Å²) in [5.74, 6) is 0. The molecule has 1 nitrogen and oxygen atoms in total. The maximum atomic E-state index is 3.72. The van der Waals surface area contributed by atoms with Crippen LogP contribution in [-0.2, 0) is 6.54 Å². The van der Waals surface area contributed by atoms with Crippen molar-refractivity contribution in [1.82, 2.24) is 4.57 Å². The fourth-order valence-electron chi connectivity index (χ4n) is 8.04. The van der Waals surface area contributed by atoms with Crippen LogP contribution in [0.15, 0.2) is 173 Å². The van der Waals surface area contributed by atoms with Crippen molar-refractivity contribution in [2.24, 2.45) is 0 Å². The molecule has 10 aromatic rings. The molecule has 1 aromatic heterocycles. The summed E-state index contributed by atoms with van der Waals surface area (Å²) in [4.78, 5) is 0. The highest BCUT2D eigenvalue weighted by Crippen LogP contribution is 2.45. The molecule has 1 heterocycles. The second-order valence-corrected chi connectivity index (χ2v) is 15.0. The third kappa shape index (κ3) is 4.80. The number of halogens is 2. The van der Waals surface area contributed by atoms with Gasteiger partial charge in [0, 0.05) is 37.3 Å². The predicted molar refractivity (Wildman–Crippen MR) is 221 cm³/mol. The van der Waals surface area contributed by atoms with Gasteiger partial charge in [-0.1, -0.05) is 141 Å². The lowest BCUT2D eigenvalue weighted by atomic mass is 9.84. The molecule has 0 N–H and O–H groups in total. The summed E-state index contributed by atoms with van der Waals surface area (Å²) in [5.41, 5.74) is 8.76. The van der Waals surface area contributed by atoms with Crippen molar-refractivity contribution in [3.8, 4) is 22.3 Å². The molecule has 0 saturated carbocycles. The smallest absolute Gasteiger partial charge is 0.0495 e. The van der Waals surface area contributed by atoms with Crippen LogP contribution in [0.4, 0.5) is 0 Å². The second-order valence-electron chi connectivity index (χ2n) is 13.2. The molecule has 0 radical (unpaired) electrons. The van der Waals surface area contributed by atoms with E-state index in [2.05, 4.69) is 200 Å². The molecule has 9 aromatic carbocycles. The molecule has 50 heavy (non-hydrogen) atoms. The Morgan fingerprint density at radius 2 is 0.840 bits per heavy atom. The summed E-state index contributed by atoms with van der Waals surface area (Å²) in [7, 11) is 0. The SMILES string of the molecule is Brc1ccc2c(c1)c1cc(Br)ccc1n2Cc1ccc2c(-c3ccc4ccccc4c3)c3ccccc3c(-c3ccc4ccccc4c3)c2c1. The second kappa shape index (κ2) is 11.7. The zero-order chi connectivity index (χ0) is 33.3. The summed E-state index contributed by atoms with van der Waals surface area (Å²) >= 11 is 7.45. The van der Waals surface area contributed by atoms with E-state index in [1.807, 2.05) is 0 Å². The number of aromatic nitrogens is 1. The largest absolute Gasteiger partial charge is 0.336 e. The van der Waals surface area contributed by atoms with Crippen LogP contribution in [0.2, 0.25) is 0 Å². The van der Waals surface area contributed by atoms with E-state index >= 15 is 0 Å². The van der Waals surface area contributed by atoms with Crippen molar-refractivity contribution in [1.29, 1.82) is 0 Å². The van der Waals surface area contributed by atoms with E-state index in [1.165, 1.54) is 92.7 Å². The summed E-state index contributed by atoms with van der Waals surface area (Å²) in [6, 6.07) is 60.5. The Bertz CT molecular complexity index is 2930. The zero-order valence-electron chi connectivity index (χ0n) is 27.0. The lowest BCUT2D eigenvalue weighted by molar-refractivity contribution is 0.870. The van der Waals surface area contributed by atoms with Gasteiger partial charge in [-0.3, -0.25) is 0 Å². The molecule has 0 saturated heterocycles. The van der Waals surface area contributed by atoms with Gasteiger partial charge < -0.3 is 4.57 Å². The minimum absolute atomic E-state index is 0.758. The first-order valence-corrected chi connectivity index (χ1v) is 18.5. The van der Waals surface area contributed by atoms with E-state index in [0.717, 1.165) is 15.5 Å². The summed E-state index contributed by atoms with van der Waals surface area (Å²) in [6.45, 7) is 0.758. The molecule has 10 rings (SSSR count). The van der Waals surface area contributed by atoms with Crippen LogP contribution in [0.5, 0.6) is 0 Å². The van der Waals surface area contributed by atoms with E-state index in [0.29, 0.717) is 0 Å². The van der Waals surface area contributed by atoms with Gasteiger partial charge in [0.25, 0.3) is 0 Å². The molecule has 0 atom stereocenters. The van der Waals surface area contributed by atoms with Crippen molar-refractivity contribution < 1.29 is 0 Å². The number of benzene rings is 9. The molecule has 236 valence electrons. The van der Waals surface area contributed by atoms with Crippen LogP contribution < -0.4 is 0 Å². The van der Waals surface area contributed by atoms with Crippen LogP contribution in [0.1, 0.15) is 5.56 Å². The normalized spacial score (nSPS) is 11.9. The first-order chi connectivity index (χ1) is 24.6. The highest BCUT2D eigenvalue weighted by Gasteiger charge is 2.19. The van der Waals surface area contributed by atoms with Crippen molar-refractivity contribution >= 4 is 96.8 Å². The monoisotopic (exact) mass is 765 g/mol. The average Bonchev–Trinajstić information content (AvgIpc) is 3.44. The molecule has 0 aliphatic rings. The van der Waals surface area contributed by atoms with Crippen LogP contribution >= 0.6 is 31.9 Å². The Morgan fingerprint density at radius 1 is 0.360 bits per heavy atom. The maximum Gasteiger partial charge on any atom is 0.0495 e. The first kappa shape index (κ1) is 29.7. The molecule has 3 heteroatoms. The van der Waals surface area contributed by atoms with Crippen LogP contribution in [-0.4, -0.2) is 4.57 Å². The number of rotatable bonds is 4. The van der Waals surface area contributed by atoms with E-state index in [1.54, 1.807) is 0 Å². The minimum atomic E-state index is 0.758. The lowest BCUT2D eigenvalue weighted by Gasteiger charge is -2.19. The zero-order valence-corrected chi connectivity index (χ0v) is 30.2. The van der Waals surface area contributed by atoms with Gasteiger partial charge in [0.1, 0.15) is 0 Å². The van der Waals surface area contributed by atoms with Crippen molar-refractivity contribution in [2.75, 3.05) is 0 Å². The molecule has 0 spiro atoms. The summed E-state index contributed by atoms with van der Waals surface area (Å²) < 4.78 is 4.64. The van der Waals surface area contributed by atoms with Crippen LogP contribution in [0.25, 0.3) is 87.1 Å². The number of hydrogen-bond donors (Lipinski definition) is 0. The fourth-order valence-corrected chi connectivity index (χ4v) is 8.76. The Balaban J connectivity index is 1.27. The third-order valence-corrected chi connectivity index (χ3v) is 11.3. The quantitative estimate of drug-likeness (QED) is 0.157. The van der Waals surface area contributed by atoms with Crippen LogP contribution in [0, 0.1) is 0 Å². The van der Waals surface area contributed by atoms with Gasteiger partial charge >= 0.3 is 0 Å². The van der Waals surface area contributed by atoms with Gasteiger partial charge in [0.05, 0.1) is 0 Å². The molecular formula is C47H29Br2N. The molecule has 0 bridgehead atoms. The minimum Gasteiger partial charge on any atom is -0.336 e. The molecule has 0 aliphatic heterocycles. The van der Waals surface area contributed by atoms with Crippen molar-refractivity contribution in [3.63, 3.8) is 0 Å². The molecular weight excluding hydrogens is 738 g/mol. The van der Waals surface area contributed by atoms with E-state index in [-0.39, 0.29) is 0 Å². The number of hydrogen-bond acceptors (Lipinski definition) is 0. The standard InChI is InChI=1S/C47H29Br2N/c48-36-18-21-44-41(26-36)42-27-37(49)19-22-45(42)50(44)28-29-13-20-40-43(23-29)47(35-17-15-31-8-2-4-10-33(31)25-35)39-12-6-5-11-38(39)46(40)34-16-14-30-7-1-3-9-32(30)24-34/h1-27H,28H2. The van der Waals surface area contributed by atoms with Crippen molar-refractivity contribution in [3.05, 3.63) is 178 Å². The summed E-state index contributed by atoms with van der Waals surface area (Å²) in [6.07, 6.45) is 0. The van der Waals surface area contributed by atoms with Crippen molar-refractivity contribution in [2.45, 2.75) is 6.54 Å². The molecule has 0 fully saturated rings. The Hall–Kier alpha value is -5.22. The van der Waals surface area contributed by atoms with Gasteiger partial charge in [-0.2, -0.15) is 0 Å². The van der Waals surface area contributed by atoms with Gasteiger partial charge in [-0.15, -0.1) is 0 Å². The number of nitrogens with zero attached hydrogens (tertiary/aromatic N) is 1. The lowest BCUT2D eigenvalue weighted by Crippen LogP contribution is -2.00. The van der Waals surface area contributed by atoms with Gasteiger partial charge in [0.2, 0.25) is 0 Å². The molecule has 0 unspecified atom stereocenters. The van der Waals surface area contributed by atoms with E-state index in [4.69, 9.17) is 0 Å². The highest BCUT2D eigenvalue weighted by atomic mass is 79.9. The summed E-state index contributed by atoms with van der Waals surface area (Å²) in [5, 5.41) is 12.6. The van der Waals surface area contributed by atoms with Gasteiger partial charge in [-0.25, -0.2) is 0 Å². The number of fused-ring (bicyclic) bond motifs is 7. The highest BCUT2D eigenvalue weighted by molar-refractivity contribution is 9.10. The Kier molecular flexibility index (Phi) is 6.94. The van der Waals surface area contributed by atoms with E-state index in [9.17, 15) is 0 Å². The maximum absolute atomic E-state index is 3.72. The topological polar surface area (TPSA) is 4.93 Å². The fraction of sp³-hybridized carbons (Fsp3) is 0.0213. The first-order valence-electron chi connectivity index (χ1n) is 16.9. The molecule has 0 aliphatic carbocycles. The Morgan fingerprint density at radius 3 is 1.40 bits per heavy atom. The third-order valence-electron chi connectivity index (χ3n) is 10.3. The van der Waals surface area contributed by atoms with Gasteiger partial charge in [-0.05, 0) is 126 Å². The Labute approximate surface area is 306 Å². The predicted octanol–water partition coefficient (Wildman–Crippen LogP) is 14.3.